The number of amides is 1. The van der Waals surface area contributed by atoms with Crippen LogP contribution in [0.15, 0.2) is 0 Å². The topological polar surface area (TPSA) is 20.3 Å². The maximum atomic E-state index is 12.0. The van der Waals surface area contributed by atoms with E-state index in [0.29, 0.717) is 12.3 Å². The Morgan fingerprint density at radius 3 is 2.29 bits per heavy atom. The van der Waals surface area contributed by atoms with Crippen LogP contribution < -0.4 is 0 Å². The third-order valence-corrected chi connectivity index (χ3v) is 2.88. The average Bonchev–Trinajstić information content (AvgIpc) is 2.25. The molecule has 0 aromatic carbocycles. The van der Waals surface area contributed by atoms with Gasteiger partial charge in [0.25, 0.3) is 0 Å². The zero-order valence-electron chi connectivity index (χ0n) is 10.2. The van der Waals surface area contributed by atoms with Gasteiger partial charge in [-0.1, -0.05) is 20.8 Å². The largest absolute Gasteiger partial charge is 0.338 e. The van der Waals surface area contributed by atoms with E-state index in [4.69, 9.17) is 0 Å². The molecule has 1 heterocycles. The third-order valence-electron chi connectivity index (χ3n) is 2.88. The molecule has 1 amide bonds. The molecule has 1 aliphatic rings. The monoisotopic (exact) mass is 197 g/mol. The molecule has 1 saturated heterocycles. The Hall–Kier alpha value is -0.530. The van der Waals surface area contributed by atoms with Crippen LogP contribution in [0.1, 0.15) is 53.9 Å². The molecule has 0 aromatic heterocycles. The lowest BCUT2D eigenvalue weighted by Gasteiger charge is -2.33. The Labute approximate surface area is 87.7 Å². The highest BCUT2D eigenvalue weighted by Gasteiger charge is 2.36. The van der Waals surface area contributed by atoms with Gasteiger partial charge in [0, 0.05) is 18.5 Å². The number of carbonyl (C=O) groups excluding carboxylic acids is 1. The summed E-state index contributed by atoms with van der Waals surface area (Å²) in [7, 11) is 0. The van der Waals surface area contributed by atoms with Crippen LogP contribution in [0.25, 0.3) is 0 Å². The fraction of sp³-hybridized carbons (Fsp3) is 0.917. The highest BCUT2D eigenvalue weighted by molar-refractivity contribution is 5.77. The van der Waals surface area contributed by atoms with Crippen LogP contribution in [0.3, 0.4) is 0 Å². The van der Waals surface area contributed by atoms with Crippen molar-refractivity contribution in [2.75, 3.05) is 6.54 Å². The van der Waals surface area contributed by atoms with Crippen molar-refractivity contribution < 1.29 is 4.79 Å². The first-order valence-electron chi connectivity index (χ1n) is 5.53. The fourth-order valence-corrected chi connectivity index (χ4v) is 2.12. The molecule has 1 rings (SSSR count). The van der Waals surface area contributed by atoms with E-state index in [1.54, 1.807) is 0 Å². The molecule has 1 aliphatic heterocycles. The number of hydrogen-bond acceptors (Lipinski definition) is 1. The minimum atomic E-state index is 0.0856. The molecule has 82 valence electrons. The summed E-state index contributed by atoms with van der Waals surface area (Å²) < 4.78 is 0. The lowest BCUT2D eigenvalue weighted by molar-refractivity contribution is -0.136. The summed E-state index contributed by atoms with van der Waals surface area (Å²) in [5.74, 6) is 0.319. The van der Waals surface area contributed by atoms with Crippen LogP contribution in [0, 0.1) is 5.41 Å². The van der Waals surface area contributed by atoms with Crippen molar-refractivity contribution in [2.24, 2.45) is 5.41 Å². The Morgan fingerprint density at radius 2 is 1.93 bits per heavy atom. The van der Waals surface area contributed by atoms with Crippen LogP contribution >= 0.6 is 0 Å². The van der Waals surface area contributed by atoms with E-state index in [1.807, 2.05) is 0 Å². The van der Waals surface area contributed by atoms with Gasteiger partial charge in [-0.15, -0.1) is 0 Å². The van der Waals surface area contributed by atoms with Gasteiger partial charge < -0.3 is 4.90 Å². The number of rotatable bonds is 1. The molecule has 1 fully saturated rings. The van der Waals surface area contributed by atoms with E-state index in [0.717, 1.165) is 19.4 Å². The quantitative estimate of drug-likeness (QED) is 0.633. The molecule has 0 N–H and O–H groups in total. The van der Waals surface area contributed by atoms with Gasteiger partial charge in [0.2, 0.25) is 5.91 Å². The smallest absolute Gasteiger partial charge is 0.223 e. The van der Waals surface area contributed by atoms with Crippen molar-refractivity contribution in [3.8, 4) is 0 Å². The zero-order chi connectivity index (χ0) is 11.0. The van der Waals surface area contributed by atoms with E-state index >= 15 is 0 Å². The van der Waals surface area contributed by atoms with Gasteiger partial charge in [0.15, 0.2) is 0 Å². The number of hydrogen-bond donors (Lipinski definition) is 0. The van der Waals surface area contributed by atoms with Crippen LogP contribution in [0.4, 0.5) is 0 Å². The molecule has 0 spiro atoms. The van der Waals surface area contributed by atoms with Crippen LogP contribution in [0.2, 0.25) is 0 Å². The van der Waals surface area contributed by atoms with Gasteiger partial charge in [0.1, 0.15) is 0 Å². The second kappa shape index (κ2) is 3.56. The average molecular weight is 197 g/mol. The molecule has 14 heavy (non-hydrogen) atoms. The highest BCUT2D eigenvalue weighted by atomic mass is 16.2. The summed E-state index contributed by atoms with van der Waals surface area (Å²) in [4.78, 5) is 14.1. The van der Waals surface area contributed by atoms with Gasteiger partial charge in [-0.05, 0) is 32.1 Å². The minimum absolute atomic E-state index is 0.0856. The molecular weight excluding hydrogens is 174 g/mol. The van der Waals surface area contributed by atoms with Gasteiger partial charge in [-0.25, -0.2) is 0 Å². The van der Waals surface area contributed by atoms with Crippen molar-refractivity contribution in [3.05, 3.63) is 0 Å². The predicted molar refractivity (Wildman–Crippen MR) is 59.1 cm³/mol. The molecule has 0 aliphatic carbocycles. The molecule has 0 atom stereocenters. The van der Waals surface area contributed by atoms with Crippen LogP contribution in [0.5, 0.6) is 0 Å². The summed E-state index contributed by atoms with van der Waals surface area (Å²) in [6, 6.07) is 0. The summed E-state index contributed by atoms with van der Waals surface area (Å²) in [5, 5.41) is 0. The summed E-state index contributed by atoms with van der Waals surface area (Å²) in [6.07, 6.45) is 2.96. The lowest BCUT2D eigenvalue weighted by atomic mass is 9.91. The molecule has 0 aromatic rings. The molecule has 2 nitrogen and oxygen atoms in total. The Morgan fingerprint density at radius 1 is 1.36 bits per heavy atom. The summed E-state index contributed by atoms with van der Waals surface area (Å²) >= 11 is 0. The van der Waals surface area contributed by atoms with Crippen molar-refractivity contribution in [1.82, 2.24) is 4.90 Å². The summed E-state index contributed by atoms with van der Waals surface area (Å²) in [5.41, 5.74) is 0.193. The second-order valence-corrected chi connectivity index (χ2v) is 6.20. The van der Waals surface area contributed by atoms with E-state index < -0.39 is 0 Å². The maximum Gasteiger partial charge on any atom is 0.223 e. The Balaban J connectivity index is 2.62. The molecule has 0 radical (unpaired) electrons. The second-order valence-electron chi connectivity index (χ2n) is 6.20. The maximum absolute atomic E-state index is 12.0. The van der Waals surface area contributed by atoms with Crippen molar-refractivity contribution in [3.63, 3.8) is 0 Å². The van der Waals surface area contributed by atoms with E-state index in [-0.39, 0.29) is 11.0 Å². The molecule has 0 unspecified atom stereocenters. The molecule has 0 bridgehead atoms. The van der Waals surface area contributed by atoms with E-state index in [1.165, 1.54) is 0 Å². The fourth-order valence-electron chi connectivity index (χ4n) is 2.12. The first-order valence-corrected chi connectivity index (χ1v) is 5.53. The predicted octanol–water partition coefficient (Wildman–Crippen LogP) is 2.82. The normalized spacial score (nSPS) is 21.4. The molecular formula is C12H23NO. The van der Waals surface area contributed by atoms with Gasteiger partial charge in [-0.3, -0.25) is 4.79 Å². The van der Waals surface area contributed by atoms with Crippen molar-refractivity contribution in [1.29, 1.82) is 0 Å². The zero-order valence-corrected chi connectivity index (χ0v) is 10.2. The van der Waals surface area contributed by atoms with Gasteiger partial charge in [0.05, 0.1) is 0 Å². The van der Waals surface area contributed by atoms with E-state index in [9.17, 15) is 4.79 Å². The van der Waals surface area contributed by atoms with Gasteiger partial charge in [-0.2, -0.15) is 0 Å². The molecule has 2 heteroatoms. The highest BCUT2D eigenvalue weighted by Crippen LogP contribution is 2.31. The van der Waals surface area contributed by atoms with Crippen LogP contribution in [-0.2, 0) is 4.79 Å². The lowest BCUT2D eigenvalue weighted by Crippen LogP contribution is -2.43. The number of likely N-dealkylation sites (tertiary alicyclic amines) is 1. The van der Waals surface area contributed by atoms with Crippen molar-refractivity contribution >= 4 is 5.91 Å². The van der Waals surface area contributed by atoms with E-state index in [2.05, 4.69) is 39.5 Å². The number of nitrogens with zero attached hydrogens (tertiary/aromatic N) is 1. The third kappa shape index (κ3) is 2.73. The first kappa shape index (κ1) is 11.5. The Kier molecular flexibility index (Phi) is 2.93. The van der Waals surface area contributed by atoms with Crippen molar-refractivity contribution in [2.45, 2.75) is 59.4 Å². The summed E-state index contributed by atoms with van der Waals surface area (Å²) in [6.45, 7) is 11.6. The van der Waals surface area contributed by atoms with Gasteiger partial charge >= 0.3 is 0 Å². The standard InChI is InChI=1S/C12H23NO/c1-11(2,3)9-10(14)13-8-6-7-12(13,4)5/h6-9H2,1-5H3. The number of carbonyl (C=O) groups is 1. The van der Waals surface area contributed by atoms with Crippen LogP contribution in [-0.4, -0.2) is 22.9 Å². The minimum Gasteiger partial charge on any atom is -0.338 e. The Bertz CT molecular complexity index is 225. The first-order chi connectivity index (χ1) is 6.22. The molecule has 0 saturated carbocycles. The SMILES string of the molecule is CC(C)(C)CC(=O)N1CCCC1(C)C.